The first-order valence-corrected chi connectivity index (χ1v) is 2.57. The molecule has 0 aliphatic carbocycles. The highest BCUT2D eigenvalue weighted by molar-refractivity contribution is 6.32. The summed E-state index contributed by atoms with van der Waals surface area (Å²) < 4.78 is 0.639. The Morgan fingerprint density at radius 2 is 1.56 bits per heavy atom. The standard InChI is InChI=1S/C4H4ClNO2.FH/c5-6-3(7)1-2-4(6)8;/h1-2H2;1H. The summed E-state index contributed by atoms with van der Waals surface area (Å²) in [5.74, 6) is -0.590. The van der Waals surface area contributed by atoms with Gasteiger partial charge in [-0.2, -0.15) is 4.42 Å². The third kappa shape index (κ3) is 1.38. The van der Waals surface area contributed by atoms with Gasteiger partial charge in [-0.1, -0.05) is 0 Å². The molecule has 5 heteroatoms. The molecule has 1 heterocycles. The zero-order chi connectivity index (χ0) is 6.15. The third-order valence-corrected chi connectivity index (χ3v) is 1.37. The molecule has 1 aliphatic heterocycles. The maximum atomic E-state index is 10.4. The van der Waals surface area contributed by atoms with Crippen molar-refractivity contribution in [3.8, 4) is 0 Å². The van der Waals surface area contributed by atoms with Crippen LogP contribution in [-0.4, -0.2) is 16.2 Å². The van der Waals surface area contributed by atoms with Crippen LogP contribution in [0.5, 0.6) is 0 Å². The van der Waals surface area contributed by atoms with Gasteiger partial charge in [0.05, 0.1) is 0 Å². The normalized spacial score (nSPS) is 18.1. The van der Waals surface area contributed by atoms with Crippen molar-refractivity contribution in [2.45, 2.75) is 12.8 Å². The number of rotatable bonds is 0. The van der Waals surface area contributed by atoms with Crippen LogP contribution in [0.15, 0.2) is 0 Å². The summed E-state index contributed by atoms with van der Waals surface area (Å²) in [6, 6.07) is 0. The summed E-state index contributed by atoms with van der Waals surface area (Å²) in [6.45, 7) is 0. The largest absolute Gasteiger partial charge is 0.273 e. The van der Waals surface area contributed by atoms with Crippen LogP contribution in [0.2, 0.25) is 0 Å². The lowest BCUT2D eigenvalue weighted by Crippen LogP contribution is -2.16. The number of amides is 2. The predicted molar refractivity (Wildman–Crippen MR) is 29.4 cm³/mol. The van der Waals surface area contributed by atoms with Crippen molar-refractivity contribution in [3.63, 3.8) is 0 Å². The van der Waals surface area contributed by atoms with E-state index < -0.39 is 0 Å². The fourth-order valence-corrected chi connectivity index (χ4v) is 0.718. The van der Waals surface area contributed by atoms with Crippen molar-refractivity contribution in [2.24, 2.45) is 0 Å². The van der Waals surface area contributed by atoms with Crippen LogP contribution in [-0.2, 0) is 9.59 Å². The van der Waals surface area contributed by atoms with Gasteiger partial charge in [0, 0.05) is 24.6 Å². The van der Waals surface area contributed by atoms with E-state index in [2.05, 4.69) is 0 Å². The van der Waals surface area contributed by atoms with Crippen molar-refractivity contribution in [1.29, 1.82) is 0 Å². The first kappa shape index (κ1) is 8.36. The second-order valence-electron chi connectivity index (χ2n) is 1.57. The number of hydrogen-bond acceptors (Lipinski definition) is 2. The van der Waals surface area contributed by atoms with Gasteiger partial charge in [0.1, 0.15) is 0 Å². The Labute approximate surface area is 56.1 Å². The topological polar surface area (TPSA) is 37.4 Å². The van der Waals surface area contributed by atoms with Crippen LogP contribution >= 0.6 is 11.8 Å². The summed E-state index contributed by atoms with van der Waals surface area (Å²) in [7, 11) is 0. The molecule has 1 aliphatic rings. The first-order chi connectivity index (χ1) is 3.72. The Bertz CT molecular complexity index is 134. The van der Waals surface area contributed by atoms with Gasteiger partial charge in [-0.25, -0.2) is 0 Å². The van der Waals surface area contributed by atoms with Crippen molar-refractivity contribution in [1.82, 2.24) is 4.42 Å². The molecule has 1 rings (SSSR count). The van der Waals surface area contributed by atoms with Gasteiger partial charge < -0.3 is 0 Å². The van der Waals surface area contributed by atoms with E-state index in [1.54, 1.807) is 0 Å². The third-order valence-electron chi connectivity index (χ3n) is 0.991. The molecule has 0 atom stereocenters. The van der Waals surface area contributed by atoms with Crippen molar-refractivity contribution < 1.29 is 14.3 Å². The van der Waals surface area contributed by atoms with Gasteiger partial charge in [0.15, 0.2) is 0 Å². The molecule has 1 saturated heterocycles. The molecule has 3 nitrogen and oxygen atoms in total. The number of imide groups is 1. The summed E-state index contributed by atoms with van der Waals surface area (Å²) in [4.78, 5) is 20.7. The number of carbonyl (C=O) groups is 2. The average molecular weight is 154 g/mol. The Balaban J connectivity index is 0.000000640. The molecule has 0 aromatic heterocycles. The highest BCUT2D eigenvalue weighted by Crippen LogP contribution is 2.12. The summed E-state index contributed by atoms with van der Waals surface area (Å²) in [5.41, 5.74) is 0. The van der Waals surface area contributed by atoms with Crippen molar-refractivity contribution >= 4 is 23.6 Å². The highest BCUT2D eigenvalue weighted by Gasteiger charge is 2.26. The number of halogens is 2. The Morgan fingerprint density at radius 3 is 1.67 bits per heavy atom. The lowest BCUT2D eigenvalue weighted by atomic mass is 10.4. The molecular formula is C4H5ClFNO2. The Kier molecular flexibility index (Phi) is 2.58. The molecule has 52 valence electrons. The molecule has 0 radical (unpaired) electrons. The van der Waals surface area contributed by atoms with Crippen molar-refractivity contribution in [2.75, 3.05) is 0 Å². The molecule has 9 heavy (non-hydrogen) atoms. The average Bonchev–Trinajstić information content (AvgIpc) is 1.98. The Morgan fingerprint density at radius 1 is 1.22 bits per heavy atom. The predicted octanol–water partition coefficient (Wildman–Crippen LogP) is 0.442. The minimum absolute atomic E-state index is 0. The maximum Gasteiger partial charge on any atom is 0.244 e. The van der Waals surface area contributed by atoms with E-state index in [9.17, 15) is 9.59 Å². The van der Waals surface area contributed by atoms with Gasteiger partial charge in [-0.15, -0.1) is 0 Å². The van der Waals surface area contributed by atoms with E-state index in [0.717, 1.165) is 0 Å². The molecule has 0 saturated carbocycles. The van der Waals surface area contributed by atoms with E-state index >= 15 is 0 Å². The molecule has 0 unspecified atom stereocenters. The molecule has 0 aromatic rings. The maximum absolute atomic E-state index is 10.4. The van der Waals surface area contributed by atoms with E-state index in [1.807, 2.05) is 0 Å². The van der Waals surface area contributed by atoms with E-state index in [1.165, 1.54) is 0 Å². The molecule has 0 bridgehead atoms. The first-order valence-electron chi connectivity index (χ1n) is 2.23. The van der Waals surface area contributed by atoms with Crippen LogP contribution in [0.4, 0.5) is 4.70 Å². The van der Waals surface area contributed by atoms with Crippen molar-refractivity contribution in [3.05, 3.63) is 0 Å². The molecule has 0 spiro atoms. The minimum Gasteiger partial charge on any atom is -0.273 e. The zero-order valence-corrected chi connectivity index (χ0v) is 5.22. The molecular weight excluding hydrogens is 148 g/mol. The Hall–Kier alpha value is -0.640. The quantitative estimate of drug-likeness (QED) is 0.374. The van der Waals surface area contributed by atoms with E-state index in [4.69, 9.17) is 11.8 Å². The highest BCUT2D eigenvalue weighted by atomic mass is 35.5. The minimum atomic E-state index is -0.295. The number of nitrogens with zero attached hydrogens (tertiary/aromatic N) is 1. The second-order valence-corrected chi connectivity index (χ2v) is 1.91. The van der Waals surface area contributed by atoms with Crippen LogP contribution in [0, 0.1) is 0 Å². The van der Waals surface area contributed by atoms with Gasteiger partial charge in [0.25, 0.3) is 0 Å². The SMILES string of the molecule is F.O=C1CCC(=O)N1Cl. The van der Waals surface area contributed by atoms with Crippen LogP contribution < -0.4 is 0 Å². The summed E-state index contributed by atoms with van der Waals surface area (Å²) in [5, 5.41) is 0. The lowest BCUT2D eigenvalue weighted by molar-refractivity contribution is -0.132. The van der Waals surface area contributed by atoms with Gasteiger partial charge in [-0.3, -0.25) is 14.3 Å². The van der Waals surface area contributed by atoms with E-state index in [-0.39, 0.29) is 29.4 Å². The molecule has 0 aromatic carbocycles. The monoisotopic (exact) mass is 153 g/mol. The molecule has 0 N–H and O–H groups in total. The fourth-order valence-electron chi connectivity index (χ4n) is 0.549. The number of hydrogen-bond donors (Lipinski definition) is 0. The van der Waals surface area contributed by atoms with Crippen LogP contribution in [0.25, 0.3) is 0 Å². The zero-order valence-electron chi connectivity index (χ0n) is 4.46. The smallest absolute Gasteiger partial charge is 0.244 e. The van der Waals surface area contributed by atoms with Gasteiger partial charge >= 0.3 is 0 Å². The summed E-state index contributed by atoms with van der Waals surface area (Å²) >= 11 is 5.15. The fraction of sp³-hybridized carbons (Fsp3) is 0.500. The van der Waals surface area contributed by atoms with E-state index in [0.29, 0.717) is 4.42 Å². The lowest BCUT2D eigenvalue weighted by Gasteiger charge is -1.96. The van der Waals surface area contributed by atoms with Crippen LogP contribution in [0.3, 0.4) is 0 Å². The van der Waals surface area contributed by atoms with Crippen LogP contribution in [0.1, 0.15) is 12.8 Å². The number of carbonyl (C=O) groups excluding carboxylic acids is 2. The van der Waals surface area contributed by atoms with Gasteiger partial charge in [-0.05, 0) is 0 Å². The molecule has 1 fully saturated rings. The van der Waals surface area contributed by atoms with Gasteiger partial charge in [0.2, 0.25) is 11.8 Å². The second kappa shape index (κ2) is 2.77. The molecule has 2 amide bonds. The summed E-state index contributed by atoms with van der Waals surface area (Å²) in [6.07, 6.45) is 0.532.